The number of hydrogen-bond donors (Lipinski definition) is 0. The topological polar surface area (TPSA) is 17.1 Å². The summed E-state index contributed by atoms with van der Waals surface area (Å²) in [5, 5.41) is 0. The number of aldehydes is 1. The highest BCUT2D eigenvalue weighted by Crippen LogP contribution is 2.31. The normalized spacial score (nSPS) is 11.3. The van der Waals surface area contributed by atoms with Crippen molar-refractivity contribution in [2.75, 3.05) is 0 Å². The van der Waals surface area contributed by atoms with E-state index in [4.69, 9.17) is 0 Å². The van der Waals surface area contributed by atoms with E-state index in [1.807, 2.05) is 0 Å². The third kappa shape index (κ3) is 2.59. The van der Waals surface area contributed by atoms with Gasteiger partial charge in [0, 0.05) is 10.0 Å². The lowest BCUT2D eigenvalue weighted by molar-refractivity contribution is -0.115. The Balaban J connectivity index is 2.93. The highest BCUT2D eigenvalue weighted by Gasteiger charge is 2.30. The second-order valence-electron chi connectivity index (χ2n) is 2.58. The number of rotatable bonds is 3. The molecule has 0 radical (unpaired) electrons. The quantitative estimate of drug-likeness (QED) is 0.752. The molecule has 1 aromatic rings. The molecular formula is C9H7BrF2O. The summed E-state index contributed by atoms with van der Waals surface area (Å²) in [7, 11) is 0. The summed E-state index contributed by atoms with van der Waals surface area (Å²) in [6, 6.07) is 5.64. The summed E-state index contributed by atoms with van der Waals surface area (Å²) in [6.07, 6.45) is -0.545. The van der Waals surface area contributed by atoms with Crippen LogP contribution in [-0.2, 0) is 10.7 Å². The van der Waals surface area contributed by atoms with E-state index in [1.54, 1.807) is 0 Å². The molecule has 0 bridgehead atoms. The zero-order valence-electron chi connectivity index (χ0n) is 6.64. The van der Waals surface area contributed by atoms with Gasteiger partial charge in [-0.2, -0.15) is 0 Å². The first-order chi connectivity index (χ1) is 6.06. The van der Waals surface area contributed by atoms with Gasteiger partial charge in [0.25, 0.3) is 5.92 Å². The van der Waals surface area contributed by atoms with E-state index in [9.17, 15) is 13.6 Å². The first-order valence-electron chi connectivity index (χ1n) is 3.64. The van der Waals surface area contributed by atoms with Crippen LogP contribution in [0.5, 0.6) is 0 Å². The minimum atomic E-state index is -3.05. The number of carbonyl (C=O) groups is 1. The second-order valence-corrected chi connectivity index (χ2v) is 3.50. The fraction of sp³-hybridized carbons (Fsp3) is 0.222. The Kier molecular flexibility index (Phi) is 3.14. The van der Waals surface area contributed by atoms with Crippen molar-refractivity contribution in [3.63, 3.8) is 0 Å². The van der Waals surface area contributed by atoms with E-state index in [0.29, 0.717) is 0 Å². The molecule has 0 aliphatic rings. The van der Waals surface area contributed by atoms with Crippen LogP contribution in [0.2, 0.25) is 0 Å². The Morgan fingerprint density at radius 1 is 1.31 bits per heavy atom. The van der Waals surface area contributed by atoms with Crippen molar-refractivity contribution in [1.82, 2.24) is 0 Å². The Morgan fingerprint density at radius 3 is 2.31 bits per heavy atom. The highest BCUT2D eigenvalue weighted by atomic mass is 79.9. The monoisotopic (exact) mass is 248 g/mol. The van der Waals surface area contributed by atoms with Crippen LogP contribution in [0, 0.1) is 0 Å². The summed E-state index contributed by atoms with van der Waals surface area (Å²) >= 11 is 3.14. The average molecular weight is 249 g/mol. The Bertz CT molecular complexity index is 295. The van der Waals surface area contributed by atoms with Crippen LogP contribution in [0.15, 0.2) is 28.7 Å². The van der Waals surface area contributed by atoms with E-state index in [1.165, 1.54) is 24.3 Å². The lowest BCUT2D eigenvalue weighted by atomic mass is 10.1. The van der Waals surface area contributed by atoms with Crippen molar-refractivity contribution in [2.45, 2.75) is 12.3 Å². The largest absolute Gasteiger partial charge is 0.303 e. The maximum Gasteiger partial charge on any atom is 0.279 e. The van der Waals surface area contributed by atoms with Gasteiger partial charge in [-0.1, -0.05) is 28.1 Å². The van der Waals surface area contributed by atoms with Crippen molar-refractivity contribution >= 4 is 22.2 Å². The standard InChI is InChI=1S/C9H7BrF2O/c10-8-3-1-7(2-4-8)9(11,12)5-6-13/h1-4,6H,5H2. The zero-order valence-corrected chi connectivity index (χ0v) is 8.22. The van der Waals surface area contributed by atoms with Crippen molar-refractivity contribution in [3.8, 4) is 0 Å². The van der Waals surface area contributed by atoms with Crippen molar-refractivity contribution in [1.29, 1.82) is 0 Å². The molecule has 0 N–H and O–H groups in total. The predicted octanol–water partition coefficient (Wildman–Crippen LogP) is 3.13. The summed E-state index contributed by atoms with van der Waals surface area (Å²) < 4.78 is 26.8. The van der Waals surface area contributed by atoms with Gasteiger partial charge in [-0.25, -0.2) is 8.78 Å². The molecule has 0 atom stereocenters. The van der Waals surface area contributed by atoms with E-state index in [-0.39, 0.29) is 11.8 Å². The third-order valence-corrected chi connectivity index (χ3v) is 2.13. The first-order valence-corrected chi connectivity index (χ1v) is 4.43. The Labute approximate surface area is 82.9 Å². The van der Waals surface area contributed by atoms with Gasteiger partial charge in [0.05, 0.1) is 6.42 Å². The van der Waals surface area contributed by atoms with Crippen LogP contribution in [0.3, 0.4) is 0 Å². The predicted molar refractivity (Wildman–Crippen MR) is 48.7 cm³/mol. The number of benzene rings is 1. The molecule has 1 nitrogen and oxygen atoms in total. The van der Waals surface area contributed by atoms with E-state index in [2.05, 4.69) is 15.9 Å². The van der Waals surface area contributed by atoms with Crippen LogP contribution < -0.4 is 0 Å². The summed E-state index contributed by atoms with van der Waals surface area (Å²) in [5.41, 5.74) is -0.136. The third-order valence-electron chi connectivity index (χ3n) is 1.61. The molecule has 0 amide bonds. The average Bonchev–Trinajstić information content (AvgIpc) is 2.05. The van der Waals surface area contributed by atoms with Crippen molar-refractivity contribution in [3.05, 3.63) is 34.3 Å². The van der Waals surface area contributed by atoms with Crippen LogP contribution in [-0.4, -0.2) is 6.29 Å². The molecule has 13 heavy (non-hydrogen) atoms. The van der Waals surface area contributed by atoms with Gasteiger partial charge in [-0.3, -0.25) is 0 Å². The Morgan fingerprint density at radius 2 is 1.85 bits per heavy atom. The molecule has 4 heteroatoms. The minimum absolute atomic E-state index is 0.136. The van der Waals surface area contributed by atoms with Gasteiger partial charge in [0.1, 0.15) is 6.29 Å². The molecule has 0 aromatic heterocycles. The molecule has 1 rings (SSSR count). The summed E-state index contributed by atoms with van der Waals surface area (Å²) in [4.78, 5) is 9.97. The fourth-order valence-electron chi connectivity index (χ4n) is 0.916. The van der Waals surface area contributed by atoms with Gasteiger partial charge < -0.3 is 4.79 Å². The molecule has 0 aliphatic carbocycles. The fourth-order valence-corrected chi connectivity index (χ4v) is 1.18. The number of carbonyl (C=O) groups excluding carboxylic acids is 1. The molecule has 0 spiro atoms. The van der Waals surface area contributed by atoms with Gasteiger partial charge >= 0.3 is 0 Å². The van der Waals surface area contributed by atoms with Gasteiger partial charge in [0.15, 0.2) is 0 Å². The number of alkyl halides is 2. The zero-order chi connectivity index (χ0) is 9.90. The molecule has 0 saturated heterocycles. The highest BCUT2D eigenvalue weighted by molar-refractivity contribution is 9.10. The van der Waals surface area contributed by atoms with E-state index >= 15 is 0 Å². The van der Waals surface area contributed by atoms with Crippen molar-refractivity contribution < 1.29 is 13.6 Å². The molecule has 70 valence electrons. The summed E-state index contributed by atoms with van der Waals surface area (Å²) in [5.74, 6) is -3.05. The van der Waals surface area contributed by atoms with Gasteiger partial charge in [-0.05, 0) is 12.1 Å². The molecule has 0 fully saturated rings. The molecule has 0 unspecified atom stereocenters. The first kappa shape index (κ1) is 10.3. The van der Waals surface area contributed by atoms with Crippen LogP contribution in [0.25, 0.3) is 0 Å². The molecule has 0 heterocycles. The lowest BCUT2D eigenvalue weighted by Gasteiger charge is -2.12. The van der Waals surface area contributed by atoms with Gasteiger partial charge in [0.2, 0.25) is 0 Å². The van der Waals surface area contributed by atoms with E-state index in [0.717, 1.165) is 4.47 Å². The second kappa shape index (κ2) is 3.96. The molecule has 0 aliphatic heterocycles. The van der Waals surface area contributed by atoms with Crippen molar-refractivity contribution in [2.24, 2.45) is 0 Å². The molecular weight excluding hydrogens is 242 g/mol. The van der Waals surface area contributed by atoms with Gasteiger partial charge in [-0.15, -0.1) is 0 Å². The maximum atomic E-state index is 13.0. The smallest absolute Gasteiger partial charge is 0.279 e. The Hall–Kier alpha value is -0.770. The minimum Gasteiger partial charge on any atom is -0.303 e. The molecule has 0 saturated carbocycles. The lowest BCUT2D eigenvalue weighted by Crippen LogP contribution is -2.13. The number of hydrogen-bond acceptors (Lipinski definition) is 1. The maximum absolute atomic E-state index is 13.0. The summed E-state index contributed by atoms with van der Waals surface area (Å²) in [6.45, 7) is 0. The van der Waals surface area contributed by atoms with Crippen LogP contribution in [0.1, 0.15) is 12.0 Å². The van der Waals surface area contributed by atoms with Crippen LogP contribution >= 0.6 is 15.9 Å². The van der Waals surface area contributed by atoms with E-state index < -0.39 is 12.3 Å². The SMILES string of the molecule is O=CCC(F)(F)c1ccc(Br)cc1. The number of halogens is 3. The van der Waals surface area contributed by atoms with Crippen LogP contribution in [0.4, 0.5) is 8.78 Å². The molecule has 1 aromatic carbocycles.